The highest BCUT2D eigenvalue weighted by Gasteiger charge is 2.16. The fourth-order valence-electron chi connectivity index (χ4n) is 2.05. The van der Waals surface area contributed by atoms with Crippen molar-refractivity contribution in [1.29, 1.82) is 5.26 Å². The third kappa shape index (κ3) is 4.80. The first-order valence-electron chi connectivity index (χ1n) is 6.75. The van der Waals surface area contributed by atoms with Crippen molar-refractivity contribution < 1.29 is 4.79 Å². The van der Waals surface area contributed by atoms with E-state index >= 15 is 0 Å². The maximum Gasteiger partial charge on any atom is 0.230 e. The lowest BCUT2D eigenvalue weighted by molar-refractivity contribution is -0.119. The van der Waals surface area contributed by atoms with Crippen molar-refractivity contribution in [3.8, 4) is 6.07 Å². The predicted molar refractivity (Wildman–Crippen MR) is 90.8 cm³/mol. The molecule has 112 valence electrons. The summed E-state index contributed by atoms with van der Waals surface area (Å²) in [6.45, 7) is 0. The summed E-state index contributed by atoms with van der Waals surface area (Å²) in [5.74, 6) is 0.485. The van der Waals surface area contributed by atoms with Gasteiger partial charge in [-0.2, -0.15) is 5.26 Å². The lowest BCUT2D eigenvalue weighted by Crippen LogP contribution is -2.30. The van der Waals surface area contributed by atoms with Crippen LogP contribution in [-0.4, -0.2) is 17.4 Å². The maximum atomic E-state index is 12.1. The molecule has 2 aromatic rings. The highest BCUT2D eigenvalue weighted by Crippen LogP contribution is 2.23. The van der Waals surface area contributed by atoms with Crippen LogP contribution in [0.25, 0.3) is 0 Å². The van der Waals surface area contributed by atoms with Crippen LogP contribution in [-0.2, 0) is 4.79 Å². The number of amides is 1. The lowest BCUT2D eigenvalue weighted by Gasteiger charge is -2.20. The molecule has 0 radical (unpaired) electrons. The molecular formula is C17H15ClN2OS. The largest absolute Gasteiger partial charge is 0.344 e. The fraction of sp³-hybridized carbons (Fsp3) is 0.176. The van der Waals surface area contributed by atoms with E-state index in [0.29, 0.717) is 10.8 Å². The normalized spacial score (nSPS) is 11.5. The standard InChI is InChI=1S/C17H15ClN2OS/c18-15-8-6-14(7-9-15)17(13-4-2-1-3-5-13)20-16(21)12-22-11-10-19/h1-9,17H,11-12H2,(H,20,21). The monoisotopic (exact) mass is 330 g/mol. The van der Waals surface area contributed by atoms with Crippen molar-refractivity contribution in [2.24, 2.45) is 0 Å². The zero-order chi connectivity index (χ0) is 15.8. The Hall–Kier alpha value is -1.96. The number of nitrogens with zero attached hydrogens (tertiary/aromatic N) is 1. The topological polar surface area (TPSA) is 52.9 Å². The number of halogens is 1. The summed E-state index contributed by atoms with van der Waals surface area (Å²) in [6, 6.07) is 19.0. The summed E-state index contributed by atoms with van der Waals surface area (Å²) in [5, 5.41) is 12.2. The first-order valence-corrected chi connectivity index (χ1v) is 8.28. The number of nitrogens with one attached hydrogen (secondary N) is 1. The number of rotatable bonds is 6. The van der Waals surface area contributed by atoms with Gasteiger partial charge >= 0.3 is 0 Å². The summed E-state index contributed by atoms with van der Waals surface area (Å²) in [6.07, 6.45) is 0. The molecule has 0 heterocycles. The van der Waals surface area contributed by atoms with E-state index in [2.05, 4.69) is 5.32 Å². The molecule has 0 spiro atoms. The number of benzene rings is 2. The average molecular weight is 331 g/mol. The van der Waals surface area contributed by atoms with E-state index in [-0.39, 0.29) is 17.7 Å². The zero-order valence-corrected chi connectivity index (χ0v) is 13.4. The van der Waals surface area contributed by atoms with Gasteiger partial charge < -0.3 is 5.32 Å². The Bertz CT molecular complexity index is 653. The van der Waals surface area contributed by atoms with E-state index in [9.17, 15) is 4.79 Å². The Morgan fingerprint density at radius 1 is 1.14 bits per heavy atom. The maximum absolute atomic E-state index is 12.1. The van der Waals surface area contributed by atoms with E-state index in [4.69, 9.17) is 16.9 Å². The predicted octanol–water partition coefficient (Wildman–Crippen LogP) is 3.80. The molecular weight excluding hydrogens is 316 g/mol. The molecule has 0 bridgehead atoms. The number of carbonyl (C=O) groups is 1. The molecule has 0 saturated heterocycles. The Balaban J connectivity index is 2.17. The van der Waals surface area contributed by atoms with Crippen molar-refractivity contribution >= 4 is 29.3 Å². The minimum Gasteiger partial charge on any atom is -0.344 e. The van der Waals surface area contributed by atoms with Gasteiger partial charge in [0.15, 0.2) is 0 Å². The van der Waals surface area contributed by atoms with E-state index in [0.717, 1.165) is 11.1 Å². The summed E-state index contributed by atoms with van der Waals surface area (Å²) in [4.78, 5) is 12.1. The number of hydrogen-bond donors (Lipinski definition) is 1. The molecule has 0 aromatic heterocycles. The highest BCUT2D eigenvalue weighted by atomic mass is 35.5. The van der Waals surface area contributed by atoms with Gasteiger partial charge in [0.25, 0.3) is 0 Å². The highest BCUT2D eigenvalue weighted by molar-refractivity contribution is 8.00. The Labute approximate surface area is 139 Å². The van der Waals surface area contributed by atoms with Crippen LogP contribution >= 0.6 is 23.4 Å². The molecule has 0 fully saturated rings. The second-order valence-corrected chi connectivity index (χ2v) is 6.04. The van der Waals surface area contributed by atoms with Crippen molar-refractivity contribution in [3.63, 3.8) is 0 Å². The number of hydrogen-bond acceptors (Lipinski definition) is 3. The van der Waals surface area contributed by atoms with Gasteiger partial charge in [-0.25, -0.2) is 0 Å². The van der Waals surface area contributed by atoms with E-state index in [1.165, 1.54) is 11.8 Å². The smallest absolute Gasteiger partial charge is 0.230 e. The molecule has 0 saturated carbocycles. The number of carbonyl (C=O) groups excluding carboxylic acids is 1. The van der Waals surface area contributed by atoms with E-state index in [1.54, 1.807) is 0 Å². The molecule has 2 aromatic carbocycles. The van der Waals surface area contributed by atoms with Gasteiger partial charge in [0.05, 0.1) is 23.6 Å². The minimum absolute atomic E-state index is 0.0935. The SMILES string of the molecule is N#CCSCC(=O)NC(c1ccccc1)c1ccc(Cl)cc1. The molecule has 0 aliphatic heterocycles. The summed E-state index contributed by atoms with van der Waals surface area (Å²) < 4.78 is 0. The third-order valence-electron chi connectivity index (χ3n) is 3.04. The molecule has 1 unspecified atom stereocenters. The molecule has 1 amide bonds. The quantitative estimate of drug-likeness (QED) is 0.819. The van der Waals surface area contributed by atoms with Crippen molar-refractivity contribution in [2.45, 2.75) is 6.04 Å². The first-order chi connectivity index (χ1) is 10.7. The van der Waals surface area contributed by atoms with Gasteiger partial charge in [0, 0.05) is 5.02 Å². The second kappa shape index (κ2) is 8.47. The van der Waals surface area contributed by atoms with Gasteiger partial charge in [-0.1, -0.05) is 54.1 Å². The second-order valence-electron chi connectivity index (χ2n) is 4.61. The van der Waals surface area contributed by atoms with Crippen LogP contribution in [0.15, 0.2) is 54.6 Å². The minimum atomic E-state index is -0.228. The number of thioether (sulfide) groups is 1. The molecule has 2 rings (SSSR count). The molecule has 5 heteroatoms. The first kappa shape index (κ1) is 16.4. The third-order valence-corrected chi connectivity index (χ3v) is 4.09. The summed E-state index contributed by atoms with van der Waals surface area (Å²) in [7, 11) is 0. The molecule has 0 aliphatic carbocycles. The summed E-state index contributed by atoms with van der Waals surface area (Å²) >= 11 is 7.23. The van der Waals surface area contributed by atoms with E-state index < -0.39 is 0 Å². The van der Waals surface area contributed by atoms with Crippen molar-refractivity contribution in [2.75, 3.05) is 11.5 Å². The van der Waals surface area contributed by atoms with Crippen molar-refractivity contribution in [1.82, 2.24) is 5.32 Å². The van der Waals surface area contributed by atoms with Gasteiger partial charge in [0.2, 0.25) is 5.91 Å². The Morgan fingerprint density at radius 2 is 1.77 bits per heavy atom. The van der Waals surface area contributed by atoms with Crippen LogP contribution in [0.1, 0.15) is 17.2 Å². The molecule has 1 N–H and O–H groups in total. The van der Waals surface area contributed by atoms with Gasteiger partial charge in [-0.3, -0.25) is 4.79 Å². The van der Waals surface area contributed by atoms with Crippen molar-refractivity contribution in [3.05, 3.63) is 70.7 Å². The average Bonchev–Trinajstić information content (AvgIpc) is 2.55. The fourth-order valence-corrected chi connectivity index (χ4v) is 2.64. The van der Waals surface area contributed by atoms with Gasteiger partial charge in [-0.15, -0.1) is 11.8 Å². The van der Waals surface area contributed by atoms with Crippen LogP contribution < -0.4 is 5.32 Å². The van der Waals surface area contributed by atoms with Crippen LogP contribution in [0.5, 0.6) is 0 Å². The Morgan fingerprint density at radius 3 is 2.41 bits per heavy atom. The lowest BCUT2D eigenvalue weighted by atomic mass is 9.99. The van der Waals surface area contributed by atoms with Crippen LogP contribution in [0.4, 0.5) is 0 Å². The number of nitriles is 1. The van der Waals surface area contributed by atoms with Crippen LogP contribution in [0, 0.1) is 11.3 Å². The van der Waals surface area contributed by atoms with Crippen LogP contribution in [0.2, 0.25) is 5.02 Å². The zero-order valence-electron chi connectivity index (χ0n) is 11.8. The van der Waals surface area contributed by atoms with E-state index in [1.807, 2.05) is 60.7 Å². The van der Waals surface area contributed by atoms with Gasteiger partial charge in [-0.05, 0) is 23.3 Å². The molecule has 0 aliphatic rings. The molecule has 22 heavy (non-hydrogen) atoms. The molecule has 3 nitrogen and oxygen atoms in total. The molecule has 1 atom stereocenters. The Kier molecular flexibility index (Phi) is 6.32. The van der Waals surface area contributed by atoms with Gasteiger partial charge in [0.1, 0.15) is 0 Å². The summed E-state index contributed by atoms with van der Waals surface area (Å²) in [5.41, 5.74) is 1.97. The van der Waals surface area contributed by atoms with Crippen LogP contribution in [0.3, 0.4) is 0 Å².